The van der Waals surface area contributed by atoms with Crippen LogP contribution in [-0.4, -0.2) is 81.1 Å². The Morgan fingerprint density at radius 2 is 1.73 bits per heavy atom. The highest BCUT2D eigenvalue weighted by atomic mass is 16.2. The summed E-state index contributed by atoms with van der Waals surface area (Å²) in [5, 5.41) is 12.5. The number of aryl methyl sites for hydroxylation is 2. The third-order valence-corrected chi connectivity index (χ3v) is 6.53. The molecule has 1 amide bonds. The SMILES string of the molecule is CCN1CCN(CCNC(=O)[C@@H](C)n2nc(C)c3nn(-c4ccccc4)c(C)c3c2=O)CC1. The number of para-hydroxylation sites is 1. The predicted molar refractivity (Wildman–Crippen MR) is 129 cm³/mol. The molecule has 2 aromatic heterocycles. The summed E-state index contributed by atoms with van der Waals surface area (Å²) in [6, 6.07) is 8.97. The predicted octanol–water partition coefficient (Wildman–Crippen LogP) is 1.51. The second-order valence-electron chi connectivity index (χ2n) is 8.63. The molecule has 33 heavy (non-hydrogen) atoms. The molecule has 0 bridgehead atoms. The maximum Gasteiger partial charge on any atom is 0.278 e. The van der Waals surface area contributed by atoms with Crippen LogP contribution in [0, 0.1) is 13.8 Å². The highest BCUT2D eigenvalue weighted by Gasteiger charge is 2.23. The summed E-state index contributed by atoms with van der Waals surface area (Å²) >= 11 is 0. The van der Waals surface area contributed by atoms with Crippen molar-refractivity contribution in [2.45, 2.75) is 33.7 Å². The molecule has 1 fully saturated rings. The minimum absolute atomic E-state index is 0.205. The minimum atomic E-state index is -0.711. The van der Waals surface area contributed by atoms with Gasteiger partial charge in [-0.15, -0.1) is 0 Å². The third-order valence-electron chi connectivity index (χ3n) is 6.53. The maximum atomic E-state index is 13.3. The van der Waals surface area contributed by atoms with E-state index < -0.39 is 6.04 Å². The van der Waals surface area contributed by atoms with Gasteiger partial charge in [-0.25, -0.2) is 9.36 Å². The van der Waals surface area contributed by atoms with Crippen molar-refractivity contribution in [1.82, 2.24) is 34.7 Å². The van der Waals surface area contributed by atoms with Crippen LogP contribution in [-0.2, 0) is 4.79 Å². The number of benzene rings is 1. The van der Waals surface area contributed by atoms with E-state index >= 15 is 0 Å². The monoisotopic (exact) mass is 451 g/mol. The number of likely N-dealkylation sites (N-methyl/N-ethyl adjacent to an activating group) is 1. The zero-order chi connectivity index (χ0) is 23.5. The summed E-state index contributed by atoms with van der Waals surface area (Å²) in [5.41, 5.74) is 2.50. The van der Waals surface area contributed by atoms with Crippen LogP contribution in [0.25, 0.3) is 16.6 Å². The van der Waals surface area contributed by atoms with Crippen LogP contribution in [0.1, 0.15) is 31.3 Å². The average Bonchev–Trinajstić information content (AvgIpc) is 3.20. The fourth-order valence-corrected chi connectivity index (χ4v) is 4.39. The zero-order valence-electron chi connectivity index (χ0n) is 19.9. The number of nitrogens with zero attached hydrogens (tertiary/aromatic N) is 6. The van der Waals surface area contributed by atoms with E-state index in [1.54, 1.807) is 11.6 Å². The summed E-state index contributed by atoms with van der Waals surface area (Å²) in [7, 11) is 0. The van der Waals surface area contributed by atoms with Gasteiger partial charge in [0.05, 0.1) is 22.5 Å². The molecule has 0 radical (unpaired) electrons. The van der Waals surface area contributed by atoms with Gasteiger partial charge in [0.1, 0.15) is 11.6 Å². The number of piperazine rings is 1. The zero-order valence-corrected chi connectivity index (χ0v) is 19.9. The summed E-state index contributed by atoms with van der Waals surface area (Å²) < 4.78 is 3.05. The van der Waals surface area contributed by atoms with E-state index in [4.69, 9.17) is 0 Å². The Morgan fingerprint density at radius 3 is 2.39 bits per heavy atom. The molecule has 176 valence electrons. The molecule has 3 heterocycles. The van der Waals surface area contributed by atoms with Gasteiger partial charge in [0, 0.05) is 39.3 Å². The lowest BCUT2D eigenvalue weighted by atomic mass is 10.2. The lowest BCUT2D eigenvalue weighted by molar-refractivity contribution is -0.124. The van der Waals surface area contributed by atoms with Crippen molar-refractivity contribution < 1.29 is 4.79 Å². The lowest BCUT2D eigenvalue weighted by Crippen LogP contribution is -2.48. The minimum Gasteiger partial charge on any atom is -0.353 e. The van der Waals surface area contributed by atoms with Crippen LogP contribution < -0.4 is 10.9 Å². The Kier molecular flexibility index (Phi) is 6.90. The van der Waals surface area contributed by atoms with Crippen LogP contribution >= 0.6 is 0 Å². The Hall–Kier alpha value is -3.04. The van der Waals surface area contributed by atoms with E-state index in [2.05, 4.69) is 32.2 Å². The van der Waals surface area contributed by atoms with Gasteiger partial charge >= 0.3 is 0 Å². The van der Waals surface area contributed by atoms with Gasteiger partial charge in [0.2, 0.25) is 5.91 Å². The van der Waals surface area contributed by atoms with E-state index in [1.807, 2.05) is 44.2 Å². The molecule has 4 rings (SSSR count). The summed E-state index contributed by atoms with van der Waals surface area (Å²) in [6.45, 7) is 14.2. The molecule has 0 unspecified atom stereocenters. The van der Waals surface area contributed by atoms with Gasteiger partial charge in [-0.1, -0.05) is 25.1 Å². The number of hydrogen-bond acceptors (Lipinski definition) is 6. The largest absolute Gasteiger partial charge is 0.353 e. The molecule has 0 saturated carbocycles. The topological polar surface area (TPSA) is 88.3 Å². The first kappa shape index (κ1) is 23.1. The molecular weight excluding hydrogens is 418 g/mol. The maximum absolute atomic E-state index is 13.3. The van der Waals surface area contributed by atoms with Crippen molar-refractivity contribution in [3.63, 3.8) is 0 Å². The van der Waals surface area contributed by atoms with Crippen molar-refractivity contribution >= 4 is 16.8 Å². The van der Waals surface area contributed by atoms with Crippen molar-refractivity contribution in [2.75, 3.05) is 45.8 Å². The van der Waals surface area contributed by atoms with Crippen LogP contribution in [0.3, 0.4) is 0 Å². The molecule has 1 N–H and O–H groups in total. The molecule has 1 aliphatic heterocycles. The van der Waals surface area contributed by atoms with Crippen molar-refractivity contribution in [1.29, 1.82) is 0 Å². The molecule has 1 aromatic carbocycles. The molecule has 1 atom stereocenters. The van der Waals surface area contributed by atoms with E-state index in [-0.39, 0.29) is 11.5 Å². The molecule has 0 aliphatic carbocycles. The van der Waals surface area contributed by atoms with Crippen LogP contribution in [0.15, 0.2) is 35.1 Å². The molecule has 3 aromatic rings. The standard InChI is InChI=1S/C24H33N7O2/c1-5-28-13-15-29(16-14-28)12-11-25-23(32)19(4)31-24(33)21-18(3)30(20-9-7-6-8-10-20)27-22(21)17(2)26-31/h6-10,19H,5,11-16H2,1-4H3,(H,25,32)/t19-/m1/s1. The highest BCUT2D eigenvalue weighted by molar-refractivity contribution is 5.84. The van der Waals surface area contributed by atoms with Crippen LogP contribution in [0.5, 0.6) is 0 Å². The first-order valence-electron chi connectivity index (χ1n) is 11.7. The fourth-order valence-electron chi connectivity index (χ4n) is 4.39. The molecular formula is C24H33N7O2. The molecule has 0 spiro atoms. The summed E-state index contributed by atoms with van der Waals surface area (Å²) in [6.07, 6.45) is 0. The Morgan fingerprint density at radius 1 is 1.06 bits per heavy atom. The second kappa shape index (κ2) is 9.84. The number of nitrogens with one attached hydrogen (secondary N) is 1. The highest BCUT2D eigenvalue weighted by Crippen LogP contribution is 2.20. The van der Waals surface area contributed by atoms with Crippen molar-refractivity contribution in [3.8, 4) is 5.69 Å². The van der Waals surface area contributed by atoms with Crippen molar-refractivity contribution in [3.05, 3.63) is 52.1 Å². The van der Waals surface area contributed by atoms with Gasteiger partial charge in [-0.2, -0.15) is 10.2 Å². The normalized spacial score (nSPS) is 16.2. The molecule has 9 heteroatoms. The second-order valence-corrected chi connectivity index (χ2v) is 8.63. The van der Waals surface area contributed by atoms with E-state index in [0.717, 1.165) is 50.6 Å². The first-order valence-corrected chi connectivity index (χ1v) is 11.7. The quantitative estimate of drug-likeness (QED) is 0.586. The summed E-state index contributed by atoms with van der Waals surface area (Å²) in [4.78, 5) is 30.9. The lowest BCUT2D eigenvalue weighted by Gasteiger charge is -2.34. The van der Waals surface area contributed by atoms with Crippen LogP contribution in [0.2, 0.25) is 0 Å². The molecule has 1 saturated heterocycles. The van der Waals surface area contributed by atoms with E-state index in [9.17, 15) is 9.59 Å². The van der Waals surface area contributed by atoms with Gasteiger partial charge in [0.15, 0.2) is 0 Å². The van der Waals surface area contributed by atoms with Gasteiger partial charge in [-0.3, -0.25) is 14.5 Å². The molecule has 9 nitrogen and oxygen atoms in total. The Labute approximate surface area is 194 Å². The van der Waals surface area contributed by atoms with E-state index in [0.29, 0.717) is 23.1 Å². The fraction of sp³-hybridized carbons (Fsp3) is 0.500. The Balaban J connectivity index is 1.49. The Bertz CT molecular complexity index is 1180. The number of hydrogen-bond donors (Lipinski definition) is 1. The number of carbonyl (C=O) groups excluding carboxylic acids is 1. The van der Waals surface area contributed by atoms with Gasteiger partial charge < -0.3 is 10.2 Å². The number of aromatic nitrogens is 4. The average molecular weight is 452 g/mol. The summed E-state index contributed by atoms with van der Waals surface area (Å²) in [5.74, 6) is -0.205. The number of fused-ring (bicyclic) bond motifs is 1. The smallest absolute Gasteiger partial charge is 0.278 e. The number of carbonyl (C=O) groups is 1. The van der Waals surface area contributed by atoms with Crippen molar-refractivity contribution in [2.24, 2.45) is 0 Å². The van der Waals surface area contributed by atoms with E-state index in [1.165, 1.54) is 4.68 Å². The third kappa shape index (κ3) is 4.69. The molecule has 1 aliphatic rings. The van der Waals surface area contributed by atoms with Gasteiger partial charge in [-0.05, 0) is 39.4 Å². The van der Waals surface area contributed by atoms with Gasteiger partial charge in [0.25, 0.3) is 5.56 Å². The first-order chi connectivity index (χ1) is 15.9. The van der Waals surface area contributed by atoms with Crippen LogP contribution in [0.4, 0.5) is 0 Å². The number of amides is 1. The number of rotatable bonds is 7.